The van der Waals surface area contributed by atoms with E-state index in [9.17, 15) is 0 Å². The molecular weight excluding hydrogens is 114 g/mol. The number of hydrogen-bond donors (Lipinski definition) is 1. The molecule has 1 aliphatic carbocycles. The lowest BCUT2D eigenvalue weighted by atomic mass is 10.0. The molecule has 2 rings (SSSR count). The van der Waals surface area contributed by atoms with E-state index in [2.05, 4.69) is 5.32 Å². The fourth-order valence-corrected chi connectivity index (χ4v) is 1.87. The van der Waals surface area contributed by atoms with Gasteiger partial charge in [-0.3, -0.25) is 5.32 Å². The van der Waals surface area contributed by atoms with Gasteiger partial charge in [0.25, 0.3) is 0 Å². The Morgan fingerprint density at radius 1 is 1.22 bits per heavy atom. The number of rotatable bonds is 0. The third kappa shape index (κ3) is 0.864. The first kappa shape index (κ1) is 5.69. The van der Waals surface area contributed by atoms with E-state index in [0.717, 1.165) is 13.3 Å². The van der Waals surface area contributed by atoms with Crippen molar-refractivity contribution in [2.75, 3.05) is 13.3 Å². The lowest BCUT2D eigenvalue weighted by Gasteiger charge is -2.19. The highest BCUT2D eigenvalue weighted by Crippen LogP contribution is 2.31. The molecule has 2 nitrogen and oxygen atoms in total. The summed E-state index contributed by atoms with van der Waals surface area (Å²) in [5.41, 5.74) is 0.417. The zero-order chi connectivity index (χ0) is 6.16. The predicted octanol–water partition coefficient (Wildman–Crippen LogP) is 0.877. The van der Waals surface area contributed by atoms with Crippen LogP contribution in [0.5, 0.6) is 0 Å². The van der Waals surface area contributed by atoms with Gasteiger partial charge in [0.2, 0.25) is 0 Å². The lowest BCUT2D eigenvalue weighted by Crippen LogP contribution is -2.38. The fraction of sp³-hybridized carbons (Fsp3) is 1.00. The first-order chi connectivity index (χ1) is 4.41. The van der Waals surface area contributed by atoms with Crippen molar-refractivity contribution in [1.29, 1.82) is 0 Å². The Morgan fingerprint density at radius 3 is 2.56 bits per heavy atom. The van der Waals surface area contributed by atoms with Crippen LogP contribution in [0.2, 0.25) is 0 Å². The second kappa shape index (κ2) is 1.96. The van der Waals surface area contributed by atoms with Crippen molar-refractivity contribution in [1.82, 2.24) is 5.32 Å². The van der Waals surface area contributed by atoms with E-state index in [4.69, 9.17) is 4.74 Å². The molecule has 2 aliphatic rings. The first-order valence-electron chi connectivity index (χ1n) is 3.74. The molecule has 0 aromatic rings. The molecule has 0 aromatic heterocycles. The molecule has 0 atom stereocenters. The first-order valence-corrected chi connectivity index (χ1v) is 3.74. The van der Waals surface area contributed by atoms with Crippen molar-refractivity contribution in [3.05, 3.63) is 0 Å². The summed E-state index contributed by atoms with van der Waals surface area (Å²) < 4.78 is 5.27. The van der Waals surface area contributed by atoms with Crippen molar-refractivity contribution in [3.63, 3.8) is 0 Å². The van der Waals surface area contributed by atoms with Gasteiger partial charge >= 0.3 is 0 Å². The molecule has 0 unspecified atom stereocenters. The summed E-state index contributed by atoms with van der Waals surface area (Å²) in [6, 6.07) is 0. The second-order valence-electron chi connectivity index (χ2n) is 3.16. The maximum Gasteiger partial charge on any atom is 0.0971 e. The van der Waals surface area contributed by atoms with Crippen molar-refractivity contribution in [2.45, 2.75) is 31.2 Å². The molecule has 1 saturated heterocycles. The number of hydrogen-bond acceptors (Lipinski definition) is 2. The van der Waals surface area contributed by atoms with Crippen LogP contribution in [0.15, 0.2) is 0 Å². The Labute approximate surface area is 55.6 Å². The maximum absolute atomic E-state index is 5.27. The Morgan fingerprint density at radius 2 is 2.00 bits per heavy atom. The Kier molecular flexibility index (Phi) is 1.24. The molecular formula is C7H13NO. The zero-order valence-corrected chi connectivity index (χ0v) is 5.65. The largest absolute Gasteiger partial charge is 0.364 e. The van der Waals surface area contributed by atoms with E-state index in [0.29, 0.717) is 5.54 Å². The quantitative estimate of drug-likeness (QED) is 0.521. The maximum atomic E-state index is 5.27. The molecule has 1 aliphatic heterocycles. The molecule has 2 heteroatoms. The molecule has 1 heterocycles. The topological polar surface area (TPSA) is 21.3 Å². The second-order valence-corrected chi connectivity index (χ2v) is 3.16. The zero-order valence-electron chi connectivity index (χ0n) is 5.65. The van der Waals surface area contributed by atoms with Gasteiger partial charge in [-0.15, -0.1) is 0 Å². The van der Waals surface area contributed by atoms with Crippen LogP contribution in [-0.4, -0.2) is 18.9 Å². The summed E-state index contributed by atoms with van der Waals surface area (Å²) in [4.78, 5) is 0. The van der Waals surface area contributed by atoms with Crippen LogP contribution in [0.4, 0.5) is 0 Å². The molecule has 0 radical (unpaired) electrons. The summed E-state index contributed by atoms with van der Waals surface area (Å²) in [5, 5.41) is 3.41. The summed E-state index contributed by atoms with van der Waals surface area (Å²) in [7, 11) is 0. The number of nitrogens with one attached hydrogen (secondary N) is 1. The van der Waals surface area contributed by atoms with E-state index in [1.54, 1.807) is 0 Å². The minimum Gasteiger partial charge on any atom is -0.364 e. The predicted molar refractivity (Wildman–Crippen MR) is 35.2 cm³/mol. The SMILES string of the molecule is C1CCC2(C1)COCN2. The van der Waals surface area contributed by atoms with Gasteiger partial charge in [-0.25, -0.2) is 0 Å². The minimum absolute atomic E-state index is 0.417. The molecule has 0 aromatic carbocycles. The van der Waals surface area contributed by atoms with Crippen LogP contribution in [0.1, 0.15) is 25.7 Å². The smallest absolute Gasteiger partial charge is 0.0971 e. The standard InChI is InChI=1S/C7H13NO/c1-2-4-7(3-1)5-9-6-8-7/h8H,1-6H2. The van der Waals surface area contributed by atoms with Crippen LogP contribution in [0.3, 0.4) is 0 Å². The normalized spacial score (nSPS) is 32.0. The summed E-state index contributed by atoms with van der Waals surface area (Å²) in [6.07, 6.45) is 5.42. The van der Waals surface area contributed by atoms with E-state index in [-0.39, 0.29) is 0 Å². The average molecular weight is 127 g/mol. The van der Waals surface area contributed by atoms with Crippen molar-refractivity contribution in [3.8, 4) is 0 Å². The van der Waals surface area contributed by atoms with Crippen LogP contribution in [0.25, 0.3) is 0 Å². The van der Waals surface area contributed by atoms with Gasteiger partial charge in [0, 0.05) is 5.54 Å². The van der Waals surface area contributed by atoms with E-state index in [1.807, 2.05) is 0 Å². The van der Waals surface area contributed by atoms with Gasteiger partial charge in [0.05, 0.1) is 13.3 Å². The van der Waals surface area contributed by atoms with Gasteiger partial charge in [-0.2, -0.15) is 0 Å². The highest BCUT2D eigenvalue weighted by Gasteiger charge is 2.36. The summed E-state index contributed by atoms with van der Waals surface area (Å²) in [5.74, 6) is 0. The van der Waals surface area contributed by atoms with Gasteiger partial charge in [-0.1, -0.05) is 12.8 Å². The van der Waals surface area contributed by atoms with Gasteiger partial charge in [0.1, 0.15) is 0 Å². The van der Waals surface area contributed by atoms with Crippen LogP contribution in [0, 0.1) is 0 Å². The molecule has 52 valence electrons. The summed E-state index contributed by atoms with van der Waals surface area (Å²) in [6.45, 7) is 1.73. The van der Waals surface area contributed by atoms with Crippen LogP contribution < -0.4 is 5.32 Å². The Hall–Kier alpha value is -0.0800. The van der Waals surface area contributed by atoms with E-state index < -0.39 is 0 Å². The van der Waals surface area contributed by atoms with Gasteiger partial charge in [-0.05, 0) is 12.8 Å². The molecule has 2 fully saturated rings. The molecule has 1 saturated carbocycles. The average Bonchev–Trinajstić information content (AvgIpc) is 2.45. The molecule has 0 bridgehead atoms. The van der Waals surface area contributed by atoms with Crippen molar-refractivity contribution < 1.29 is 4.74 Å². The van der Waals surface area contributed by atoms with E-state index >= 15 is 0 Å². The van der Waals surface area contributed by atoms with Crippen LogP contribution in [-0.2, 0) is 4.74 Å². The van der Waals surface area contributed by atoms with Crippen molar-refractivity contribution >= 4 is 0 Å². The molecule has 0 amide bonds. The van der Waals surface area contributed by atoms with Crippen LogP contribution >= 0.6 is 0 Å². The minimum atomic E-state index is 0.417. The Bertz CT molecular complexity index is 84.0. The van der Waals surface area contributed by atoms with E-state index in [1.165, 1.54) is 25.7 Å². The Balaban J connectivity index is 2.04. The molecule has 1 spiro atoms. The molecule has 9 heavy (non-hydrogen) atoms. The third-order valence-corrected chi connectivity index (χ3v) is 2.49. The van der Waals surface area contributed by atoms with Crippen molar-refractivity contribution in [2.24, 2.45) is 0 Å². The summed E-state index contributed by atoms with van der Waals surface area (Å²) >= 11 is 0. The lowest BCUT2D eigenvalue weighted by molar-refractivity contribution is 0.177. The highest BCUT2D eigenvalue weighted by molar-refractivity contribution is 4.94. The van der Waals surface area contributed by atoms with Gasteiger partial charge in [0.15, 0.2) is 0 Å². The fourth-order valence-electron chi connectivity index (χ4n) is 1.87. The molecule has 1 N–H and O–H groups in total. The highest BCUT2D eigenvalue weighted by atomic mass is 16.5. The number of ether oxygens (including phenoxy) is 1. The monoisotopic (exact) mass is 127 g/mol. The third-order valence-electron chi connectivity index (χ3n) is 2.49. The van der Waals surface area contributed by atoms with Gasteiger partial charge < -0.3 is 4.74 Å².